The smallest absolute Gasteiger partial charge is 0.340 e. The van der Waals surface area contributed by atoms with Crippen LogP contribution >= 0.6 is 0 Å². The van der Waals surface area contributed by atoms with Crippen molar-refractivity contribution in [2.45, 2.75) is 63.3 Å². The molecule has 1 aromatic heterocycles. The Morgan fingerprint density at radius 1 is 1.00 bits per heavy atom. The topological polar surface area (TPSA) is 80.4 Å². The van der Waals surface area contributed by atoms with Crippen molar-refractivity contribution in [3.05, 3.63) is 5.82 Å². The average molecular weight is 334 g/mol. The van der Waals surface area contributed by atoms with Crippen molar-refractivity contribution >= 4 is 5.95 Å². The van der Waals surface area contributed by atoms with Crippen molar-refractivity contribution in [3.8, 4) is 6.01 Å². The highest BCUT2D eigenvalue weighted by Crippen LogP contribution is 2.31. The molecule has 2 fully saturated rings. The summed E-state index contributed by atoms with van der Waals surface area (Å²) in [6.07, 6.45) is 9.64. The summed E-state index contributed by atoms with van der Waals surface area (Å²) in [4.78, 5) is 23.1. The summed E-state index contributed by atoms with van der Waals surface area (Å²) in [6, 6.07) is 0.690. The van der Waals surface area contributed by atoms with Gasteiger partial charge in [-0.2, -0.15) is 20.8 Å². The molecule has 2 heterocycles. The highest BCUT2D eigenvalue weighted by molar-refractivity contribution is 5.32. The highest BCUT2D eigenvalue weighted by atomic mass is 16.6. The number of anilines is 1. The molecule has 0 unspecified atom stereocenters. The molecule has 1 aliphatic carbocycles. The van der Waals surface area contributed by atoms with Gasteiger partial charge in [0.2, 0.25) is 5.95 Å². The zero-order valence-electron chi connectivity index (χ0n) is 14.9. The maximum absolute atomic E-state index is 5.37. The second kappa shape index (κ2) is 8.07. The van der Waals surface area contributed by atoms with E-state index in [1.165, 1.54) is 25.7 Å². The number of nitrogens with zero attached hydrogens (tertiary/aromatic N) is 5. The van der Waals surface area contributed by atoms with E-state index >= 15 is 0 Å². The Kier molecular flexibility index (Phi) is 5.84. The molecule has 0 aromatic carbocycles. The first-order valence-corrected chi connectivity index (χ1v) is 9.21. The van der Waals surface area contributed by atoms with Gasteiger partial charge in [-0.05, 0) is 45.8 Å². The third-order valence-electron chi connectivity index (χ3n) is 5.50. The monoisotopic (exact) mass is 334 g/mol. The van der Waals surface area contributed by atoms with Gasteiger partial charge in [0.05, 0.1) is 0 Å². The Hall–Kier alpha value is -1.47. The van der Waals surface area contributed by atoms with E-state index in [2.05, 4.69) is 33.9 Å². The SMILES string of the molecule is CN1CCC(N(C)c2nc(ON)nc(C3CCCCCC3)n2)CC1. The number of rotatable bonds is 4. The van der Waals surface area contributed by atoms with Crippen LogP contribution in [0.15, 0.2) is 0 Å². The lowest BCUT2D eigenvalue weighted by Gasteiger charge is -2.35. The van der Waals surface area contributed by atoms with Crippen molar-refractivity contribution in [2.75, 3.05) is 32.1 Å². The number of hydrogen-bond donors (Lipinski definition) is 1. The Morgan fingerprint density at radius 3 is 2.29 bits per heavy atom. The van der Waals surface area contributed by atoms with Gasteiger partial charge in [-0.1, -0.05) is 25.7 Å². The van der Waals surface area contributed by atoms with E-state index in [4.69, 9.17) is 15.7 Å². The molecule has 24 heavy (non-hydrogen) atoms. The van der Waals surface area contributed by atoms with Gasteiger partial charge < -0.3 is 14.6 Å². The largest absolute Gasteiger partial charge is 0.371 e. The van der Waals surface area contributed by atoms with Crippen LogP contribution < -0.4 is 15.6 Å². The predicted molar refractivity (Wildman–Crippen MR) is 94.0 cm³/mol. The molecule has 0 amide bonds. The molecule has 2 N–H and O–H groups in total. The van der Waals surface area contributed by atoms with Crippen molar-refractivity contribution in [3.63, 3.8) is 0 Å². The van der Waals surface area contributed by atoms with E-state index in [-0.39, 0.29) is 6.01 Å². The number of piperidine rings is 1. The lowest BCUT2D eigenvalue weighted by Crippen LogP contribution is -2.42. The molecular formula is C17H30N6O. The van der Waals surface area contributed by atoms with E-state index in [0.29, 0.717) is 17.9 Å². The normalized spacial score (nSPS) is 21.5. The van der Waals surface area contributed by atoms with Crippen molar-refractivity contribution < 1.29 is 4.84 Å². The van der Waals surface area contributed by atoms with Crippen molar-refractivity contribution in [1.29, 1.82) is 0 Å². The molecule has 1 aromatic rings. The summed E-state index contributed by atoms with van der Waals surface area (Å²) in [7, 11) is 4.24. The Balaban J connectivity index is 1.80. The summed E-state index contributed by atoms with van der Waals surface area (Å²) in [6.45, 7) is 2.21. The molecule has 0 radical (unpaired) electrons. The highest BCUT2D eigenvalue weighted by Gasteiger charge is 2.25. The molecule has 7 nitrogen and oxygen atoms in total. The number of likely N-dealkylation sites (tertiary alicyclic amines) is 1. The van der Waals surface area contributed by atoms with Gasteiger partial charge in [0.1, 0.15) is 5.82 Å². The molecule has 2 aliphatic rings. The fraction of sp³-hybridized carbons (Fsp3) is 0.824. The Bertz CT molecular complexity index is 524. The van der Waals surface area contributed by atoms with Gasteiger partial charge in [0.15, 0.2) is 0 Å². The molecule has 134 valence electrons. The molecule has 3 rings (SSSR count). The minimum Gasteiger partial charge on any atom is -0.371 e. The van der Waals surface area contributed by atoms with Crippen molar-refractivity contribution in [1.82, 2.24) is 19.9 Å². The minimum atomic E-state index is 0.235. The van der Waals surface area contributed by atoms with Gasteiger partial charge in [-0.15, -0.1) is 0 Å². The van der Waals surface area contributed by atoms with E-state index in [1.807, 2.05) is 0 Å². The first kappa shape index (κ1) is 17.4. The van der Waals surface area contributed by atoms with Crippen LogP contribution in [-0.4, -0.2) is 53.1 Å². The fourth-order valence-electron chi connectivity index (χ4n) is 3.84. The van der Waals surface area contributed by atoms with Crippen molar-refractivity contribution in [2.24, 2.45) is 5.90 Å². The Labute approximate surface area is 144 Å². The van der Waals surface area contributed by atoms with Crippen LogP contribution in [0.2, 0.25) is 0 Å². The zero-order valence-corrected chi connectivity index (χ0v) is 14.9. The first-order chi connectivity index (χ1) is 11.7. The molecule has 0 atom stereocenters. The second-order valence-corrected chi connectivity index (χ2v) is 7.23. The van der Waals surface area contributed by atoms with Gasteiger partial charge in [-0.3, -0.25) is 0 Å². The quantitative estimate of drug-likeness (QED) is 0.667. The lowest BCUT2D eigenvalue weighted by molar-refractivity contribution is 0.251. The lowest BCUT2D eigenvalue weighted by atomic mass is 10.00. The van der Waals surface area contributed by atoms with E-state index in [0.717, 1.165) is 44.6 Å². The van der Waals surface area contributed by atoms with E-state index in [1.54, 1.807) is 0 Å². The minimum absolute atomic E-state index is 0.235. The molecule has 0 bridgehead atoms. The van der Waals surface area contributed by atoms with Gasteiger partial charge in [-0.25, -0.2) is 0 Å². The van der Waals surface area contributed by atoms with Crippen LogP contribution in [0.1, 0.15) is 63.1 Å². The zero-order chi connectivity index (χ0) is 16.9. The maximum Gasteiger partial charge on any atom is 0.340 e. The van der Waals surface area contributed by atoms with Crippen LogP contribution in [0.3, 0.4) is 0 Å². The van der Waals surface area contributed by atoms with Gasteiger partial charge >= 0.3 is 6.01 Å². The molecular weight excluding hydrogens is 304 g/mol. The molecule has 0 spiro atoms. The van der Waals surface area contributed by atoms with E-state index in [9.17, 15) is 0 Å². The number of aromatic nitrogens is 3. The fourth-order valence-corrected chi connectivity index (χ4v) is 3.84. The molecule has 1 saturated carbocycles. The summed E-state index contributed by atoms with van der Waals surface area (Å²) in [5.41, 5.74) is 0. The second-order valence-electron chi connectivity index (χ2n) is 7.23. The molecule has 1 saturated heterocycles. The van der Waals surface area contributed by atoms with Crippen LogP contribution in [0.25, 0.3) is 0 Å². The predicted octanol–water partition coefficient (Wildman–Crippen LogP) is 2.09. The molecule has 7 heteroatoms. The summed E-state index contributed by atoms with van der Waals surface area (Å²) in [5, 5.41) is 0. The van der Waals surface area contributed by atoms with Gasteiger partial charge in [0.25, 0.3) is 0 Å². The van der Waals surface area contributed by atoms with Crippen LogP contribution in [-0.2, 0) is 0 Å². The maximum atomic E-state index is 5.37. The van der Waals surface area contributed by atoms with Crippen LogP contribution in [0.5, 0.6) is 6.01 Å². The van der Waals surface area contributed by atoms with E-state index < -0.39 is 0 Å². The standard InChI is InChI=1S/C17H30N6O/c1-22-11-9-14(10-12-22)23(2)16-19-15(20-17(21-16)24-18)13-7-5-3-4-6-8-13/h13-14H,3-12,18H2,1-2H3. The first-order valence-electron chi connectivity index (χ1n) is 9.21. The van der Waals surface area contributed by atoms with Crippen LogP contribution in [0, 0.1) is 0 Å². The Morgan fingerprint density at radius 2 is 1.67 bits per heavy atom. The van der Waals surface area contributed by atoms with Gasteiger partial charge in [0, 0.05) is 19.0 Å². The summed E-state index contributed by atoms with van der Waals surface area (Å²) < 4.78 is 0. The molecule has 1 aliphatic heterocycles. The summed E-state index contributed by atoms with van der Waals surface area (Å²) >= 11 is 0. The average Bonchev–Trinajstić information content (AvgIpc) is 2.91. The van der Waals surface area contributed by atoms with Crippen LogP contribution in [0.4, 0.5) is 5.95 Å². The number of nitrogens with two attached hydrogens (primary N) is 1. The summed E-state index contributed by atoms with van der Waals surface area (Å²) in [5.74, 6) is 7.31. The number of hydrogen-bond acceptors (Lipinski definition) is 7. The third kappa shape index (κ3) is 4.13. The third-order valence-corrected chi connectivity index (χ3v) is 5.50.